The largest absolute Gasteiger partial charge is 0.425 e. The van der Waals surface area contributed by atoms with Crippen LogP contribution in [0.2, 0.25) is 0 Å². The smallest absolute Gasteiger partial charge is 0.417 e. The molecule has 1 amide bonds. The van der Waals surface area contributed by atoms with Gasteiger partial charge in [-0.1, -0.05) is 30.3 Å². The Bertz CT molecular complexity index is 387. The van der Waals surface area contributed by atoms with Gasteiger partial charge < -0.3 is 4.74 Å². The fraction of sp³-hybridized carbons (Fsp3) is 0.300. The van der Waals surface area contributed by atoms with Gasteiger partial charge in [0, 0.05) is 6.54 Å². The number of amides is 1. The first-order valence-corrected chi connectivity index (χ1v) is 5.86. The van der Waals surface area contributed by atoms with Gasteiger partial charge in [0.05, 0.1) is 0 Å². The summed E-state index contributed by atoms with van der Waals surface area (Å²) >= 11 is -2.52. The topological polar surface area (TPSA) is 66.8 Å². The van der Waals surface area contributed by atoms with E-state index >= 15 is 0 Å². The average molecular weight is 261 g/mol. The fourth-order valence-corrected chi connectivity index (χ4v) is 1.65. The minimum atomic E-state index is -2.52. The molecule has 1 unspecified atom stereocenters. The molecule has 0 aliphatic heterocycles. The third kappa shape index (κ3) is 4.49. The quantitative estimate of drug-likeness (QED) is 0.820. The molecule has 0 bridgehead atoms. The molecule has 1 aromatic carbocycles. The maximum absolute atomic E-state index is 11.8. The third-order valence-electron chi connectivity index (χ3n) is 2.02. The van der Waals surface area contributed by atoms with E-state index in [4.69, 9.17) is 4.55 Å². The van der Waals surface area contributed by atoms with E-state index in [0.717, 1.165) is 5.56 Å². The molecule has 1 rings (SSSR count). The van der Waals surface area contributed by atoms with E-state index in [-0.39, 0.29) is 6.54 Å². The number of carbonyl (C=O) groups is 1. The Morgan fingerprint density at radius 3 is 2.59 bits per heavy atom. The highest BCUT2D eigenvalue weighted by atomic mass is 32.2. The number of hydrogen-bond acceptors (Lipinski definition) is 3. The van der Waals surface area contributed by atoms with Crippen molar-refractivity contribution in [3.05, 3.63) is 35.9 Å². The Kier molecular flexibility index (Phi) is 5.58. The molecule has 0 radical (unpaired) electrons. The highest BCUT2D eigenvalue weighted by Crippen LogP contribution is 2.04. The number of rotatable bonds is 5. The van der Waals surface area contributed by atoms with Crippen LogP contribution in [0, 0.1) is 0 Å². The molecule has 0 saturated heterocycles. The second-order valence-electron chi connectivity index (χ2n) is 3.09. The van der Waals surface area contributed by atoms with Crippen molar-refractivity contribution in [2.24, 2.45) is 0 Å². The van der Waals surface area contributed by atoms with Crippen molar-refractivity contribution >= 4 is 17.4 Å². The zero-order valence-corrected chi connectivity index (χ0v) is 9.73. The predicted molar refractivity (Wildman–Crippen MR) is 60.1 cm³/mol. The molecule has 17 heavy (non-hydrogen) atoms. The first-order chi connectivity index (χ1) is 8.15. The predicted octanol–water partition coefficient (Wildman–Crippen LogP) is 1.73. The summed E-state index contributed by atoms with van der Waals surface area (Å²) in [7, 11) is 0. The minimum Gasteiger partial charge on any atom is -0.417 e. The Hall–Kier alpha value is -1.47. The zero-order valence-electron chi connectivity index (χ0n) is 8.91. The van der Waals surface area contributed by atoms with Gasteiger partial charge in [-0.15, -0.1) is 0 Å². The number of benzene rings is 1. The van der Waals surface area contributed by atoms with E-state index in [2.05, 4.69) is 4.74 Å². The number of hydrogen-bond donors (Lipinski definition) is 1. The monoisotopic (exact) mass is 261 g/mol. The van der Waals surface area contributed by atoms with Gasteiger partial charge in [0.2, 0.25) is 6.86 Å². The number of nitrogens with zero attached hydrogens (tertiary/aromatic N) is 1. The van der Waals surface area contributed by atoms with Crippen molar-refractivity contribution in [1.29, 1.82) is 0 Å². The second-order valence-corrected chi connectivity index (χ2v) is 3.99. The summed E-state index contributed by atoms with van der Waals surface area (Å²) in [5.74, 6) is 0. The molecule has 5 nitrogen and oxygen atoms in total. The Morgan fingerprint density at radius 2 is 2.06 bits per heavy atom. The SMILES string of the molecule is O=C(OCF)N(CCc1ccccc1)S(=O)O. The van der Waals surface area contributed by atoms with Crippen LogP contribution in [0.5, 0.6) is 0 Å². The summed E-state index contributed by atoms with van der Waals surface area (Å²) in [6.45, 7) is -1.34. The molecule has 0 aliphatic rings. The molecule has 0 saturated carbocycles. The van der Waals surface area contributed by atoms with E-state index in [1.807, 2.05) is 30.3 Å². The second kappa shape index (κ2) is 6.97. The highest BCUT2D eigenvalue weighted by molar-refractivity contribution is 7.77. The van der Waals surface area contributed by atoms with Gasteiger partial charge in [-0.25, -0.2) is 17.7 Å². The van der Waals surface area contributed by atoms with E-state index in [0.29, 0.717) is 10.7 Å². The first-order valence-electron chi connectivity index (χ1n) is 4.80. The summed E-state index contributed by atoms with van der Waals surface area (Å²) in [6.07, 6.45) is -0.765. The van der Waals surface area contributed by atoms with Crippen molar-refractivity contribution in [3.8, 4) is 0 Å². The van der Waals surface area contributed by atoms with Crippen molar-refractivity contribution in [3.63, 3.8) is 0 Å². The molecule has 1 aromatic rings. The number of halogens is 1. The van der Waals surface area contributed by atoms with Crippen LogP contribution in [0.15, 0.2) is 30.3 Å². The maximum Gasteiger partial charge on any atom is 0.425 e. The lowest BCUT2D eigenvalue weighted by molar-refractivity contribution is 0.0821. The molecule has 1 N–H and O–H groups in total. The molecule has 1 atom stereocenters. The molecular formula is C10H12FNO4S. The highest BCUT2D eigenvalue weighted by Gasteiger charge is 2.20. The van der Waals surface area contributed by atoms with Crippen LogP contribution in [0.1, 0.15) is 5.56 Å². The lowest BCUT2D eigenvalue weighted by atomic mass is 10.1. The summed E-state index contributed by atoms with van der Waals surface area (Å²) in [4.78, 5) is 11.1. The van der Waals surface area contributed by atoms with Crippen molar-refractivity contribution < 1.29 is 22.7 Å². The van der Waals surface area contributed by atoms with Gasteiger partial charge in [0.15, 0.2) is 0 Å². The molecule has 7 heteroatoms. The Morgan fingerprint density at radius 1 is 1.41 bits per heavy atom. The van der Waals surface area contributed by atoms with Crippen LogP contribution in [0.4, 0.5) is 9.18 Å². The summed E-state index contributed by atoms with van der Waals surface area (Å²) < 4.78 is 36.1. The van der Waals surface area contributed by atoms with Crippen LogP contribution >= 0.6 is 0 Å². The molecule has 0 aliphatic carbocycles. The van der Waals surface area contributed by atoms with Crippen molar-refractivity contribution in [2.45, 2.75) is 6.42 Å². The van der Waals surface area contributed by atoms with Gasteiger partial charge in [0.1, 0.15) is 0 Å². The van der Waals surface area contributed by atoms with Crippen LogP contribution in [0.3, 0.4) is 0 Å². The average Bonchev–Trinajstić information content (AvgIpc) is 2.30. The van der Waals surface area contributed by atoms with E-state index in [1.165, 1.54) is 0 Å². The lowest BCUT2D eigenvalue weighted by Gasteiger charge is -2.16. The standard InChI is InChI=1S/C10H12FNO4S/c11-8-16-10(13)12(17(14)15)7-6-9-4-2-1-3-5-9/h1-5H,6-8H2,(H,14,15). The van der Waals surface area contributed by atoms with Crippen molar-refractivity contribution in [1.82, 2.24) is 4.31 Å². The normalized spacial score (nSPS) is 11.9. The van der Waals surface area contributed by atoms with Gasteiger partial charge in [0.25, 0.3) is 11.3 Å². The number of ether oxygens (including phenoxy) is 1. The molecule has 0 fully saturated rings. The molecule has 94 valence electrons. The summed E-state index contributed by atoms with van der Waals surface area (Å²) in [6, 6.07) is 9.10. The van der Waals surface area contributed by atoms with Gasteiger partial charge in [-0.05, 0) is 12.0 Å². The summed E-state index contributed by atoms with van der Waals surface area (Å²) in [5.41, 5.74) is 0.899. The molecule has 0 heterocycles. The minimum absolute atomic E-state index is 0.0219. The van der Waals surface area contributed by atoms with Crippen LogP contribution in [-0.4, -0.2) is 32.6 Å². The summed E-state index contributed by atoms with van der Waals surface area (Å²) in [5, 5.41) is 0. The van der Waals surface area contributed by atoms with Crippen LogP contribution in [-0.2, 0) is 22.4 Å². The molecular weight excluding hydrogens is 249 g/mol. The van der Waals surface area contributed by atoms with E-state index in [1.54, 1.807) is 0 Å². The number of alkyl halides is 1. The Labute approximate surface area is 101 Å². The lowest BCUT2D eigenvalue weighted by Crippen LogP contribution is -2.34. The zero-order chi connectivity index (χ0) is 12.7. The third-order valence-corrected chi connectivity index (χ3v) is 2.73. The first kappa shape index (κ1) is 13.6. The Balaban J connectivity index is 2.56. The number of carbonyl (C=O) groups excluding carboxylic acids is 1. The van der Waals surface area contributed by atoms with Gasteiger partial charge >= 0.3 is 6.09 Å². The molecule has 0 aromatic heterocycles. The van der Waals surface area contributed by atoms with Gasteiger partial charge in [-0.3, -0.25) is 4.55 Å². The van der Waals surface area contributed by atoms with Crippen LogP contribution in [0.25, 0.3) is 0 Å². The van der Waals surface area contributed by atoms with E-state index in [9.17, 15) is 13.4 Å². The maximum atomic E-state index is 11.8. The molecule has 0 spiro atoms. The van der Waals surface area contributed by atoms with Crippen LogP contribution < -0.4 is 0 Å². The van der Waals surface area contributed by atoms with Crippen molar-refractivity contribution in [2.75, 3.05) is 13.4 Å². The fourth-order valence-electron chi connectivity index (χ4n) is 1.23. The van der Waals surface area contributed by atoms with E-state index < -0.39 is 24.2 Å². The van der Waals surface area contributed by atoms with Gasteiger partial charge in [-0.2, -0.15) is 0 Å².